The molecule has 2 aliphatic heterocycles. The molecular weight excluding hydrogens is 491 g/mol. The number of likely N-dealkylation sites (tertiary alicyclic amines) is 1. The van der Waals surface area contributed by atoms with Crippen molar-refractivity contribution in [2.45, 2.75) is 38.0 Å². The number of aromatic nitrogens is 6. The maximum atomic E-state index is 13.2. The molecule has 12 heteroatoms. The highest BCUT2D eigenvalue weighted by atomic mass is 19.1. The first-order chi connectivity index (χ1) is 18.5. The van der Waals surface area contributed by atoms with Crippen molar-refractivity contribution in [3.8, 4) is 23.1 Å². The number of hydrogen-bond acceptors (Lipinski definition) is 9. The molecule has 2 aliphatic rings. The second-order valence-corrected chi connectivity index (χ2v) is 9.71. The number of ether oxygens (including phenoxy) is 2. The van der Waals surface area contributed by atoms with Crippen LogP contribution in [-0.2, 0) is 4.74 Å². The zero-order chi connectivity index (χ0) is 26.2. The SMILES string of the molecule is Cc1c(-c2cc(OCC(O)c3ccc(F)cn3)c3c(C#N)cnn3c2)nnn1C1CCN(C2COC2)CC1. The van der Waals surface area contributed by atoms with E-state index in [0.29, 0.717) is 28.6 Å². The van der Waals surface area contributed by atoms with Gasteiger partial charge in [0.15, 0.2) is 0 Å². The Balaban J connectivity index is 1.26. The van der Waals surface area contributed by atoms with Crippen LogP contribution in [-0.4, -0.2) is 78.6 Å². The predicted octanol–water partition coefficient (Wildman–Crippen LogP) is 2.46. The summed E-state index contributed by atoms with van der Waals surface area (Å²) in [6, 6.07) is 7.35. The molecule has 4 aromatic rings. The predicted molar refractivity (Wildman–Crippen MR) is 133 cm³/mol. The molecule has 2 saturated heterocycles. The molecule has 1 N–H and O–H groups in total. The highest BCUT2D eigenvalue weighted by Crippen LogP contribution is 2.33. The van der Waals surface area contributed by atoms with Crippen LogP contribution >= 0.6 is 0 Å². The number of rotatable bonds is 7. The fourth-order valence-electron chi connectivity index (χ4n) is 5.13. The fourth-order valence-corrected chi connectivity index (χ4v) is 5.13. The van der Waals surface area contributed by atoms with E-state index in [9.17, 15) is 14.8 Å². The molecule has 1 atom stereocenters. The van der Waals surface area contributed by atoms with E-state index in [4.69, 9.17) is 9.47 Å². The quantitative estimate of drug-likeness (QED) is 0.392. The molecule has 38 heavy (non-hydrogen) atoms. The van der Waals surface area contributed by atoms with Gasteiger partial charge in [-0.3, -0.25) is 9.88 Å². The van der Waals surface area contributed by atoms with Gasteiger partial charge in [-0.1, -0.05) is 5.21 Å². The highest BCUT2D eigenvalue weighted by Gasteiger charge is 2.31. The minimum absolute atomic E-state index is 0.149. The second-order valence-electron chi connectivity index (χ2n) is 9.71. The van der Waals surface area contributed by atoms with E-state index in [2.05, 4.69) is 31.4 Å². The summed E-state index contributed by atoms with van der Waals surface area (Å²) in [6.45, 7) is 5.51. The number of nitriles is 1. The third-order valence-electron chi connectivity index (χ3n) is 7.37. The van der Waals surface area contributed by atoms with E-state index in [0.717, 1.165) is 56.6 Å². The lowest BCUT2D eigenvalue weighted by molar-refractivity contribution is -0.0735. The first kappa shape index (κ1) is 24.4. The molecule has 11 nitrogen and oxygen atoms in total. The van der Waals surface area contributed by atoms with Crippen molar-refractivity contribution >= 4 is 5.52 Å². The number of piperidine rings is 1. The Hall–Kier alpha value is -3.92. The van der Waals surface area contributed by atoms with E-state index < -0.39 is 11.9 Å². The summed E-state index contributed by atoms with van der Waals surface area (Å²) in [5, 5.41) is 33.4. The smallest absolute Gasteiger partial charge is 0.147 e. The van der Waals surface area contributed by atoms with E-state index in [1.807, 2.05) is 11.6 Å². The van der Waals surface area contributed by atoms with Gasteiger partial charge in [-0.05, 0) is 38.0 Å². The van der Waals surface area contributed by atoms with Crippen molar-refractivity contribution in [1.29, 1.82) is 5.26 Å². The largest absolute Gasteiger partial charge is 0.488 e. The van der Waals surface area contributed by atoms with Crippen molar-refractivity contribution in [3.63, 3.8) is 0 Å². The van der Waals surface area contributed by atoms with Gasteiger partial charge in [0.05, 0.1) is 49.1 Å². The summed E-state index contributed by atoms with van der Waals surface area (Å²) >= 11 is 0. The summed E-state index contributed by atoms with van der Waals surface area (Å²) < 4.78 is 28.1. The summed E-state index contributed by atoms with van der Waals surface area (Å²) in [5.41, 5.74) is 3.45. The Kier molecular flexibility index (Phi) is 6.49. The van der Waals surface area contributed by atoms with Gasteiger partial charge >= 0.3 is 0 Å². The zero-order valence-electron chi connectivity index (χ0n) is 20.9. The standard InChI is InChI=1S/C26H27FN8O3/c1-16-25(31-32-35(16)20-4-6-33(7-5-20)21-13-37-14-21)17-8-24(26-18(9-28)10-30-34(26)12-17)38-15-23(36)22-3-2-19(27)11-29-22/h2-3,8,10-12,20-21,23,36H,4-7,13-15H2,1H3. The van der Waals surface area contributed by atoms with Crippen LogP contribution in [0.1, 0.15) is 41.9 Å². The van der Waals surface area contributed by atoms with Gasteiger partial charge in [-0.25, -0.2) is 13.6 Å². The molecular formula is C26H27FN8O3. The van der Waals surface area contributed by atoms with Crippen LogP contribution in [0.25, 0.3) is 16.8 Å². The van der Waals surface area contributed by atoms with Crippen LogP contribution in [0.4, 0.5) is 4.39 Å². The van der Waals surface area contributed by atoms with Gasteiger partial charge in [0.2, 0.25) is 0 Å². The van der Waals surface area contributed by atoms with Crippen molar-refractivity contribution in [1.82, 2.24) is 34.5 Å². The molecule has 0 spiro atoms. The minimum Gasteiger partial charge on any atom is -0.488 e. The Morgan fingerprint density at radius 1 is 1.24 bits per heavy atom. The Morgan fingerprint density at radius 3 is 2.74 bits per heavy atom. The topological polar surface area (TPSA) is 127 Å². The van der Waals surface area contributed by atoms with Crippen LogP contribution in [0.5, 0.6) is 5.75 Å². The summed E-state index contributed by atoms with van der Waals surface area (Å²) in [7, 11) is 0. The molecule has 2 fully saturated rings. The number of fused-ring (bicyclic) bond motifs is 1. The number of aliphatic hydroxyl groups is 1. The first-order valence-electron chi connectivity index (χ1n) is 12.6. The van der Waals surface area contributed by atoms with E-state index in [1.165, 1.54) is 18.3 Å². The lowest BCUT2D eigenvalue weighted by Crippen LogP contribution is -2.52. The number of pyridine rings is 2. The Labute approximate surface area is 218 Å². The van der Waals surface area contributed by atoms with E-state index >= 15 is 0 Å². The molecule has 196 valence electrons. The molecule has 4 aromatic heterocycles. The molecule has 1 unspecified atom stereocenters. The molecule has 0 amide bonds. The lowest BCUT2D eigenvalue weighted by atomic mass is 10.0. The van der Waals surface area contributed by atoms with Gasteiger partial charge in [0, 0.05) is 24.8 Å². The van der Waals surface area contributed by atoms with Crippen molar-refractivity contribution in [2.75, 3.05) is 32.9 Å². The molecule has 6 rings (SSSR count). The summed E-state index contributed by atoms with van der Waals surface area (Å²) in [6.07, 6.45) is 5.20. The maximum Gasteiger partial charge on any atom is 0.147 e. The Bertz CT molecular complexity index is 1480. The van der Waals surface area contributed by atoms with Crippen LogP contribution < -0.4 is 4.74 Å². The fraction of sp³-hybridized carbons (Fsp3) is 0.423. The first-order valence-corrected chi connectivity index (χ1v) is 12.6. The number of hydrogen-bond donors (Lipinski definition) is 1. The van der Waals surface area contributed by atoms with Gasteiger partial charge in [0.25, 0.3) is 0 Å². The third kappa shape index (κ3) is 4.49. The molecule has 0 aromatic carbocycles. The number of aliphatic hydroxyl groups excluding tert-OH is 1. The van der Waals surface area contributed by atoms with Crippen LogP contribution in [0.15, 0.2) is 36.8 Å². The average Bonchev–Trinajstić information content (AvgIpc) is 3.50. The summed E-state index contributed by atoms with van der Waals surface area (Å²) in [5.74, 6) is -0.126. The molecule has 0 saturated carbocycles. The second kappa shape index (κ2) is 10.1. The van der Waals surface area contributed by atoms with Gasteiger partial charge in [-0.2, -0.15) is 10.4 Å². The van der Waals surface area contributed by atoms with Gasteiger partial charge in [-0.15, -0.1) is 5.10 Å². The molecule has 6 heterocycles. The van der Waals surface area contributed by atoms with Gasteiger partial charge in [0.1, 0.15) is 47.1 Å². The van der Waals surface area contributed by atoms with E-state index in [1.54, 1.807) is 16.8 Å². The number of halogens is 1. The average molecular weight is 519 g/mol. The highest BCUT2D eigenvalue weighted by molar-refractivity contribution is 5.74. The lowest BCUT2D eigenvalue weighted by Gasteiger charge is -2.41. The third-order valence-corrected chi connectivity index (χ3v) is 7.37. The zero-order valence-corrected chi connectivity index (χ0v) is 20.9. The van der Waals surface area contributed by atoms with Crippen molar-refractivity contribution in [2.24, 2.45) is 0 Å². The molecule has 0 bridgehead atoms. The van der Waals surface area contributed by atoms with Gasteiger partial charge < -0.3 is 14.6 Å². The van der Waals surface area contributed by atoms with Crippen LogP contribution in [0, 0.1) is 24.1 Å². The van der Waals surface area contributed by atoms with Crippen molar-refractivity contribution < 1.29 is 19.0 Å². The molecule has 0 radical (unpaired) electrons. The summed E-state index contributed by atoms with van der Waals surface area (Å²) in [4.78, 5) is 6.41. The monoisotopic (exact) mass is 518 g/mol. The minimum atomic E-state index is -1.09. The van der Waals surface area contributed by atoms with Crippen LogP contribution in [0.3, 0.4) is 0 Å². The number of nitrogens with zero attached hydrogens (tertiary/aromatic N) is 8. The van der Waals surface area contributed by atoms with Crippen molar-refractivity contribution in [3.05, 3.63) is 59.6 Å². The normalized spacial score (nSPS) is 17.8. The van der Waals surface area contributed by atoms with Crippen LogP contribution in [0.2, 0.25) is 0 Å². The maximum absolute atomic E-state index is 13.2. The Morgan fingerprint density at radius 2 is 2.05 bits per heavy atom. The van der Waals surface area contributed by atoms with E-state index in [-0.39, 0.29) is 18.3 Å². The molecule has 0 aliphatic carbocycles.